The van der Waals surface area contributed by atoms with Crippen LogP contribution in [0.4, 0.5) is 4.39 Å². The molecule has 0 aliphatic carbocycles. The zero-order chi connectivity index (χ0) is 16.9. The first kappa shape index (κ1) is 16.9. The van der Waals surface area contributed by atoms with Crippen LogP contribution in [0.5, 0.6) is 0 Å². The Kier molecular flexibility index (Phi) is 5.45. The normalized spacial score (nSPS) is 18.8. The van der Waals surface area contributed by atoms with E-state index in [1.54, 1.807) is 30.3 Å². The Bertz CT molecular complexity index is 673. The number of nitrogens with one attached hydrogen (secondary N) is 1. The lowest BCUT2D eigenvalue weighted by Crippen LogP contribution is -2.44. The molecule has 2 aromatic carbocycles. The number of carbonyl (C=O) groups is 1. The first-order valence-corrected chi connectivity index (χ1v) is 8.02. The lowest BCUT2D eigenvalue weighted by atomic mass is 9.98. The van der Waals surface area contributed by atoms with Gasteiger partial charge in [0, 0.05) is 5.02 Å². The van der Waals surface area contributed by atoms with Gasteiger partial charge < -0.3 is 14.8 Å². The Morgan fingerprint density at radius 2 is 1.92 bits per heavy atom. The molecule has 1 aliphatic rings. The minimum atomic E-state index is -0.672. The maximum absolute atomic E-state index is 13.6. The number of rotatable bonds is 4. The molecule has 0 radical (unpaired) electrons. The van der Waals surface area contributed by atoms with E-state index in [1.807, 2.05) is 6.07 Å². The smallest absolute Gasteiger partial charge is 0.252 e. The lowest BCUT2D eigenvalue weighted by Gasteiger charge is -2.26. The van der Waals surface area contributed by atoms with Crippen LogP contribution >= 0.6 is 11.6 Å². The Morgan fingerprint density at radius 1 is 1.17 bits per heavy atom. The van der Waals surface area contributed by atoms with E-state index in [9.17, 15) is 9.18 Å². The molecule has 1 fully saturated rings. The monoisotopic (exact) mass is 349 g/mol. The summed E-state index contributed by atoms with van der Waals surface area (Å²) in [4.78, 5) is 12.5. The summed E-state index contributed by atoms with van der Waals surface area (Å²) in [5.74, 6) is -0.671. The number of carbonyl (C=O) groups excluding carboxylic acids is 1. The number of amides is 1. The minimum Gasteiger partial charge on any atom is -0.376 e. The molecule has 6 heteroatoms. The van der Waals surface area contributed by atoms with Gasteiger partial charge in [0.15, 0.2) is 6.10 Å². The van der Waals surface area contributed by atoms with Crippen LogP contribution in [0.3, 0.4) is 0 Å². The van der Waals surface area contributed by atoms with E-state index in [2.05, 4.69) is 5.32 Å². The van der Waals surface area contributed by atoms with Gasteiger partial charge in [0.05, 0.1) is 25.9 Å². The Balaban J connectivity index is 1.88. The minimum absolute atomic E-state index is 0.206. The molecule has 1 heterocycles. The van der Waals surface area contributed by atoms with Crippen LogP contribution in [0.25, 0.3) is 0 Å². The van der Waals surface area contributed by atoms with E-state index >= 15 is 0 Å². The quantitative estimate of drug-likeness (QED) is 0.922. The van der Waals surface area contributed by atoms with E-state index in [-0.39, 0.29) is 18.3 Å². The first-order chi connectivity index (χ1) is 11.6. The second-order valence-corrected chi connectivity index (χ2v) is 5.92. The van der Waals surface area contributed by atoms with E-state index in [0.29, 0.717) is 23.8 Å². The van der Waals surface area contributed by atoms with Gasteiger partial charge in [0.25, 0.3) is 5.91 Å². The maximum Gasteiger partial charge on any atom is 0.252 e. The molecule has 0 spiro atoms. The SMILES string of the molecule is O=C(N[C@@H](c1cccc(F)c1)c1cccc(Cl)c1)[C@@H]1COCCO1. The van der Waals surface area contributed by atoms with Crippen LogP contribution in [0.15, 0.2) is 48.5 Å². The Hall–Kier alpha value is -1.95. The molecule has 1 saturated heterocycles. The Labute approximate surface area is 144 Å². The summed E-state index contributed by atoms with van der Waals surface area (Å²) < 4.78 is 24.3. The van der Waals surface area contributed by atoms with Crippen LogP contribution in [0, 0.1) is 5.82 Å². The highest BCUT2D eigenvalue weighted by molar-refractivity contribution is 6.30. The molecule has 2 atom stereocenters. The zero-order valence-electron chi connectivity index (χ0n) is 12.9. The van der Waals surface area contributed by atoms with Gasteiger partial charge >= 0.3 is 0 Å². The van der Waals surface area contributed by atoms with Crippen molar-refractivity contribution in [2.24, 2.45) is 0 Å². The van der Waals surface area contributed by atoms with Crippen molar-refractivity contribution in [3.8, 4) is 0 Å². The second kappa shape index (κ2) is 7.75. The molecule has 1 aliphatic heterocycles. The zero-order valence-corrected chi connectivity index (χ0v) is 13.6. The standard InChI is InChI=1S/C18H17ClFNO3/c19-14-5-1-3-12(9-14)17(13-4-2-6-15(20)10-13)21-18(22)16-11-23-7-8-24-16/h1-6,9-10,16-17H,7-8,11H2,(H,21,22)/t16-,17+/m0/s1. The molecule has 0 aromatic heterocycles. The summed E-state index contributed by atoms with van der Waals surface area (Å²) >= 11 is 6.06. The lowest BCUT2D eigenvalue weighted by molar-refractivity contribution is -0.148. The number of benzene rings is 2. The number of halogens is 2. The third kappa shape index (κ3) is 4.12. The van der Waals surface area contributed by atoms with Gasteiger partial charge in [-0.1, -0.05) is 35.9 Å². The number of ether oxygens (including phenoxy) is 2. The topological polar surface area (TPSA) is 47.6 Å². The molecule has 24 heavy (non-hydrogen) atoms. The van der Waals surface area contributed by atoms with Crippen LogP contribution < -0.4 is 5.32 Å². The van der Waals surface area contributed by atoms with E-state index < -0.39 is 12.1 Å². The molecular formula is C18H17ClFNO3. The summed E-state index contributed by atoms with van der Waals surface area (Å²) in [7, 11) is 0. The predicted molar refractivity (Wildman–Crippen MR) is 88.4 cm³/mol. The van der Waals surface area contributed by atoms with Crippen LogP contribution in [0.1, 0.15) is 17.2 Å². The van der Waals surface area contributed by atoms with Gasteiger partial charge in [-0.05, 0) is 35.4 Å². The summed E-state index contributed by atoms with van der Waals surface area (Å²) in [6.45, 7) is 1.06. The average molecular weight is 350 g/mol. The molecule has 126 valence electrons. The van der Waals surface area contributed by atoms with Crippen molar-refractivity contribution in [1.82, 2.24) is 5.32 Å². The Morgan fingerprint density at radius 3 is 2.58 bits per heavy atom. The first-order valence-electron chi connectivity index (χ1n) is 7.64. The van der Waals surface area contributed by atoms with E-state index in [1.165, 1.54) is 12.1 Å². The molecule has 0 bridgehead atoms. The van der Waals surface area contributed by atoms with Crippen molar-refractivity contribution in [1.29, 1.82) is 0 Å². The van der Waals surface area contributed by atoms with Gasteiger partial charge in [-0.3, -0.25) is 4.79 Å². The van der Waals surface area contributed by atoms with Gasteiger partial charge in [0.1, 0.15) is 5.82 Å². The molecule has 1 amide bonds. The van der Waals surface area contributed by atoms with Gasteiger partial charge in [-0.15, -0.1) is 0 Å². The second-order valence-electron chi connectivity index (χ2n) is 5.49. The fraction of sp³-hybridized carbons (Fsp3) is 0.278. The third-order valence-corrected chi connectivity index (χ3v) is 3.99. The summed E-state index contributed by atoms with van der Waals surface area (Å²) in [6.07, 6.45) is -0.672. The number of hydrogen-bond acceptors (Lipinski definition) is 3. The van der Waals surface area contributed by atoms with Crippen molar-refractivity contribution >= 4 is 17.5 Å². The van der Waals surface area contributed by atoms with Crippen molar-refractivity contribution in [2.45, 2.75) is 12.1 Å². The molecule has 0 unspecified atom stereocenters. The highest BCUT2D eigenvalue weighted by atomic mass is 35.5. The van der Waals surface area contributed by atoms with Crippen LogP contribution in [-0.2, 0) is 14.3 Å². The highest BCUT2D eigenvalue weighted by Gasteiger charge is 2.26. The number of hydrogen-bond donors (Lipinski definition) is 1. The fourth-order valence-corrected chi connectivity index (χ4v) is 2.80. The van der Waals surface area contributed by atoms with Crippen molar-refractivity contribution in [2.75, 3.05) is 19.8 Å². The van der Waals surface area contributed by atoms with E-state index in [0.717, 1.165) is 5.56 Å². The van der Waals surface area contributed by atoms with Crippen LogP contribution in [-0.4, -0.2) is 31.8 Å². The van der Waals surface area contributed by atoms with Crippen molar-refractivity contribution in [3.05, 3.63) is 70.5 Å². The predicted octanol–water partition coefficient (Wildman–Crippen LogP) is 3.10. The molecule has 1 N–H and O–H groups in total. The molecule has 2 aromatic rings. The van der Waals surface area contributed by atoms with Gasteiger partial charge in [-0.2, -0.15) is 0 Å². The summed E-state index contributed by atoms with van der Waals surface area (Å²) in [6, 6.07) is 12.7. The van der Waals surface area contributed by atoms with Gasteiger partial charge in [0.2, 0.25) is 0 Å². The molecule has 3 rings (SSSR count). The molecule has 4 nitrogen and oxygen atoms in total. The highest BCUT2D eigenvalue weighted by Crippen LogP contribution is 2.25. The largest absolute Gasteiger partial charge is 0.376 e. The van der Waals surface area contributed by atoms with Crippen LogP contribution in [0.2, 0.25) is 5.02 Å². The van der Waals surface area contributed by atoms with Crippen molar-refractivity contribution in [3.63, 3.8) is 0 Å². The average Bonchev–Trinajstić information content (AvgIpc) is 2.60. The van der Waals surface area contributed by atoms with Crippen molar-refractivity contribution < 1.29 is 18.7 Å². The molecular weight excluding hydrogens is 333 g/mol. The summed E-state index contributed by atoms with van der Waals surface area (Å²) in [5.41, 5.74) is 1.39. The van der Waals surface area contributed by atoms with Gasteiger partial charge in [-0.25, -0.2) is 4.39 Å². The third-order valence-electron chi connectivity index (χ3n) is 3.76. The maximum atomic E-state index is 13.6. The molecule has 0 saturated carbocycles. The fourth-order valence-electron chi connectivity index (χ4n) is 2.61. The van der Waals surface area contributed by atoms with E-state index in [4.69, 9.17) is 21.1 Å². The summed E-state index contributed by atoms with van der Waals surface area (Å²) in [5, 5.41) is 3.45.